The molecule has 2 rings (SSSR count). The van der Waals surface area contributed by atoms with E-state index in [2.05, 4.69) is 15.4 Å². The lowest BCUT2D eigenvalue weighted by atomic mass is 10.1. The summed E-state index contributed by atoms with van der Waals surface area (Å²) >= 11 is 0. The number of halogens is 2. The van der Waals surface area contributed by atoms with E-state index in [9.17, 15) is 26.8 Å². The van der Waals surface area contributed by atoms with Crippen LogP contribution in [-0.2, 0) is 21.2 Å². The van der Waals surface area contributed by atoms with Crippen molar-refractivity contribution in [2.75, 3.05) is 20.2 Å². The van der Waals surface area contributed by atoms with Gasteiger partial charge in [0.15, 0.2) is 11.5 Å². The molecular weight excluding hydrogens is 436 g/mol. The van der Waals surface area contributed by atoms with Gasteiger partial charge in [0.25, 0.3) is 5.91 Å². The zero-order chi connectivity index (χ0) is 23.0. The highest BCUT2D eigenvalue weighted by Crippen LogP contribution is 2.29. The number of hydrogen-bond acceptors (Lipinski definition) is 6. The Bertz CT molecular complexity index is 1030. The van der Waals surface area contributed by atoms with Crippen LogP contribution in [0, 0.1) is 0 Å². The minimum atomic E-state index is -3.76. The molecule has 4 N–H and O–H groups in total. The molecular formula is C19H21F2N3O6S. The molecule has 31 heavy (non-hydrogen) atoms. The number of sulfonamides is 1. The number of benzene rings is 2. The maximum absolute atomic E-state index is 12.3. The molecule has 2 amide bonds. The summed E-state index contributed by atoms with van der Waals surface area (Å²) in [6, 6.07) is 9.57. The van der Waals surface area contributed by atoms with E-state index in [4.69, 9.17) is 9.88 Å². The van der Waals surface area contributed by atoms with Crippen LogP contribution in [0.15, 0.2) is 47.4 Å². The smallest absolute Gasteiger partial charge is 0.387 e. The number of amides is 2. The highest BCUT2D eigenvalue weighted by molar-refractivity contribution is 7.89. The molecule has 0 fully saturated rings. The monoisotopic (exact) mass is 457 g/mol. The van der Waals surface area contributed by atoms with Crippen LogP contribution in [0.5, 0.6) is 11.5 Å². The summed E-state index contributed by atoms with van der Waals surface area (Å²) in [6.45, 7) is -3.08. The summed E-state index contributed by atoms with van der Waals surface area (Å²) in [5, 5.41) is 10.0. The van der Waals surface area contributed by atoms with E-state index in [1.54, 1.807) is 12.1 Å². The molecule has 0 aromatic heterocycles. The quantitative estimate of drug-likeness (QED) is 0.488. The van der Waals surface area contributed by atoms with Gasteiger partial charge >= 0.3 is 6.61 Å². The Balaban J connectivity index is 1.81. The first-order chi connectivity index (χ1) is 14.6. The fourth-order valence-corrected chi connectivity index (χ4v) is 3.03. The predicted molar refractivity (Wildman–Crippen MR) is 106 cm³/mol. The van der Waals surface area contributed by atoms with E-state index < -0.39 is 28.4 Å². The molecule has 0 spiro atoms. The second-order valence-corrected chi connectivity index (χ2v) is 7.78. The number of alkyl halides is 2. The van der Waals surface area contributed by atoms with E-state index in [0.29, 0.717) is 6.42 Å². The van der Waals surface area contributed by atoms with Gasteiger partial charge in [0.05, 0.1) is 18.6 Å². The minimum Gasteiger partial charge on any atom is -0.493 e. The number of methoxy groups -OCH3 is 1. The maximum atomic E-state index is 12.3. The molecule has 0 aliphatic carbocycles. The number of carbonyl (C=O) groups is 2. The third-order valence-electron chi connectivity index (χ3n) is 4.04. The first-order valence-electron chi connectivity index (χ1n) is 8.89. The second kappa shape index (κ2) is 10.7. The molecule has 0 aliphatic rings. The van der Waals surface area contributed by atoms with Gasteiger partial charge in [-0.3, -0.25) is 9.59 Å². The average molecular weight is 457 g/mol. The first kappa shape index (κ1) is 24.0. The topological polar surface area (TPSA) is 137 Å². The molecule has 12 heteroatoms. The van der Waals surface area contributed by atoms with Crippen LogP contribution in [-0.4, -0.2) is 47.0 Å². The molecule has 2 aromatic rings. The van der Waals surface area contributed by atoms with Crippen LogP contribution in [0.3, 0.4) is 0 Å². The van der Waals surface area contributed by atoms with Gasteiger partial charge in [0.1, 0.15) is 0 Å². The van der Waals surface area contributed by atoms with Crippen molar-refractivity contribution in [2.24, 2.45) is 5.14 Å². The minimum absolute atomic E-state index is 0.00608. The van der Waals surface area contributed by atoms with Crippen molar-refractivity contribution in [3.05, 3.63) is 53.6 Å². The summed E-state index contributed by atoms with van der Waals surface area (Å²) in [5.74, 6) is -1.32. The number of hydrogen-bond donors (Lipinski definition) is 3. The van der Waals surface area contributed by atoms with Crippen LogP contribution in [0.2, 0.25) is 0 Å². The van der Waals surface area contributed by atoms with Crippen LogP contribution in [0.4, 0.5) is 8.78 Å². The van der Waals surface area contributed by atoms with Crippen molar-refractivity contribution in [3.63, 3.8) is 0 Å². The summed E-state index contributed by atoms with van der Waals surface area (Å²) < 4.78 is 56.3. The van der Waals surface area contributed by atoms with E-state index in [-0.39, 0.29) is 35.0 Å². The molecule has 0 saturated heterocycles. The van der Waals surface area contributed by atoms with Crippen molar-refractivity contribution >= 4 is 21.8 Å². The predicted octanol–water partition coefficient (Wildman–Crippen LogP) is 1.03. The Morgan fingerprint density at radius 2 is 1.74 bits per heavy atom. The van der Waals surface area contributed by atoms with Crippen molar-refractivity contribution in [1.82, 2.24) is 10.6 Å². The van der Waals surface area contributed by atoms with Gasteiger partial charge < -0.3 is 20.1 Å². The third kappa shape index (κ3) is 7.50. The van der Waals surface area contributed by atoms with Crippen molar-refractivity contribution in [3.8, 4) is 11.5 Å². The summed E-state index contributed by atoms with van der Waals surface area (Å²) in [5.41, 5.74) is 0.885. The molecule has 0 radical (unpaired) electrons. The Labute approximate surface area is 177 Å². The van der Waals surface area contributed by atoms with Gasteiger partial charge in [0.2, 0.25) is 15.9 Å². The van der Waals surface area contributed by atoms with E-state index in [1.165, 1.54) is 37.4 Å². The van der Waals surface area contributed by atoms with Crippen molar-refractivity contribution in [2.45, 2.75) is 17.9 Å². The fourth-order valence-electron chi connectivity index (χ4n) is 2.52. The van der Waals surface area contributed by atoms with Gasteiger partial charge in [-0.05, 0) is 42.3 Å². The zero-order valence-electron chi connectivity index (χ0n) is 16.4. The lowest BCUT2D eigenvalue weighted by molar-refractivity contribution is -0.120. The molecule has 0 bridgehead atoms. The summed E-state index contributed by atoms with van der Waals surface area (Å²) in [7, 11) is -2.52. The van der Waals surface area contributed by atoms with Crippen LogP contribution in [0.1, 0.15) is 15.9 Å². The van der Waals surface area contributed by atoms with Gasteiger partial charge in [-0.2, -0.15) is 8.78 Å². The standard InChI is InChI=1S/C19H21F2N3O6S/c1-29-16-10-13(4-7-15(16)30-19(20)21)18(26)24-11-17(25)23-9-8-12-2-5-14(6-3-12)31(22,27)28/h2-7,10,19H,8-9,11H2,1H3,(H,23,25)(H,24,26)(H2,22,27,28). The van der Waals surface area contributed by atoms with Crippen LogP contribution in [0.25, 0.3) is 0 Å². The van der Waals surface area contributed by atoms with Crippen LogP contribution >= 0.6 is 0 Å². The van der Waals surface area contributed by atoms with E-state index >= 15 is 0 Å². The normalized spacial score (nSPS) is 11.1. The Morgan fingerprint density at radius 3 is 2.32 bits per heavy atom. The molecule has 168 valence electrons. The number of carbonyl (C=O) groups excluding carboxylic acids is 2. The molecule has 0 heterocycles. The SMILES string of the molecule is COc1cc(C(=O)NCC(=O)NCCc2ccc(S(N)(=O)=O)cc2)ccc1OC(F)F. The summed E-state index contributed by atoms with van der Waals surface area (Å²) in [6.07, 6.45) is 0.438. The Hall–Kier alpha value is -3.25. The molecule has 0 unspecified atom stereocenters. The molecule has 2 aromatic carbocycles. The van der Waals surface area contributed by atoms with E-state index in [0.717, 1.165) is 5.56 Å². The van der Waals surface area contributed by atoms with E-state index in [1.807, 2.05) is 0 Å². The molecule has 0 atom stereocenters. The Morgan fingerprint density at radius 1 is 1.06 bits per heavy atom. The Kier molecular flexibility index (Phi) is 8.28. The van der Waals surface area contributed by atoms with Gasteiger partial charge in [-0.1, -0.05) is 12.1 Å². The molecule has 0 saturated carbocycles. The number of ether oxygens (including phenoxy) is 2. The van der Waals surface area contributed by atoms with Crippen molar-refractivity contribution < 1.29 is 36.3 Å². The first-order valence-corrected chi connectivity index (χ1v) is 10.4. The summed E-state index contributed by atoms with van der Waals surface area (Å²) in [4.78, 5) is 24.1. The number of nitrogens with one attached hydrogen (secondary N) is 2. The second-order valence-electron chi connectivity index (χ2n) is 6.22. The maximum Gasteiger partial charge on any atom is 0.387 e. The largest absolute Gasteiger partial charge is 0.493 e. The fraction of sp³-hybridized carbons (Fsp3) is 0.263. The highest BCUT2D eigenvalue weighted by atomic mass is 32.2. The molecule has 9 nitrogen and oxygen atoms in total. The lowest BCUT2D eigenvalue weighted by Crippen LogP contribution is -2.37. The average Bonchev–Trinajstić information content (AvgIpc) is 2.71. The lowest BCUT2D eigenvalue weighted by Gasteiger charge is -2.11. The van der Waals surface area contributed by atoms with Crippen molar-refractivity contribution in [1.29, 1.82) is 0 Å². The number of rotatable bonds is 10. The highest BCUT2D eigenvalue weighted by Gasteiger charge is 2.15. The third-order valence-corrected chi connectivity index (χ3v) is 4.97. The van der Waals surface area contributed by atoms with Crippen LogP contribution < -0.4 is 25.2 Å². The van der Waals surface area contributed by atoms with Gasteiger partial charge in [-0.15, -0.1) is 0 Å². The zero-order valence-corrected chi connectivity index (χ0v) is 17.2. The number of primary sulfonamides is 1. The number of nitrogens with two attached hydrogens (primary N) is 1. The van der Waals surface area contributed by atoms with Gasteiger partial charge in [0, 0.05) is 12.1 Å². The van der Waals surface area contributed by atoms with Gasteiger partial charge in [-0.25, -0.2) is 13.6 Å². The molecule has 0 aliphatic heterocycles.